The fourth-order valence-electron chi connectivity index (χ4n) is 1.45. The van der Waals surface area contributed by atoms with Crippen molar-refractivity contribution in [2.75, 3.05) is 13.1 Å². The molecule has 1 aliphatic rings. The number of nitrogens with one attached hydrogen (secondary N) is 1. The van der Waals surface area contributed by atoms with Crippen LogP contribution in [0.4, 0.5) is 13.2 Å². The van der Waals surface area contributed by atoms with Gasteiger partial charge in [0.2, 0.25) is 0 Å². The van der Waals surface area contributed by atoms with Gasteiger partial charge in [0.05, 0.1) is 0 Å². The molecule has 6 heteroatoms. The summed E-state index contributed by atoms with van der Waals surface area (Å²) in [7, 11) is 0. The molecule has 2 heterocycles. The molecule has 0 radical (unpaired) electrons. The van der Waals surface area contributed by atoms with Crippen LogP contribution in [0.15, 0.2) is 11.4 Å². The SMILES string of the molecule is OC1(c2ccsc2C(F)(F)F)CNC1. The molecule has 1 fully saturated rings. The van der Waals surface area contributed by atoms with E-state index in [0.29, 0.717) is 11.3 Å². The molecule has 0 bridgehead atoms. The lowest BCUT2D eigenvalue weighted by Crippen LogP contribution is -2.57. The van der Waals surface area contributed by atoms with E-state index in [1.54, 1.807) is 0 Å². The largest absolute Gasteiger partial charge is 0.425 e. The lowest BCUT2D eigenvalue weighted by atomic mass is 9.88. The van der Waals surface area contributed by atoms with Gasteiger partial charge in [-0.1, -0.05) is 0 Å². The molecule has 2 N–H and O–H groups in total. The molecular weight excluding hydrogens is 215 g/mol. The standard InChI is InChI=1S/C8H8F3NOS/c9-8(10,11)6-5(1-2-14-6)7(13)3-12-4-7/h1-2,12-13H,3-4H2. The number of aliphatic hydroxyl groups is 1. The highest BCUT2D eigenvalue weighted by Gasteiger charge is 2.45. The van der Waals surface area contributed by atoms with E-state index in [4.69, 9.17) is 0 Å². The Kier molecular flexibility index (Phi) is 2.09. The van der Waals surface area contributed by atoms with Crippen LogP contribution in [0.25, 0.3) is 0 Å². The van der Waals surface area contributed by atoms with Gasteiger partial charge in [-0.05, 0) is 11.4 Å². The summed E-state index contributed by atoms with van der Waals surface area (Å²) < 4.78 is 37.4. The molecule has 1 aliphatic heterocycles. The third-order valence-electron chi connectivity index (χ3n) is 2.26. The summed E-state index contributed by atoms with van der Waals surface area (Å²) in [5.41, 5.74) is -1.33. The predicted molar refractivity (Wildman–Crippen MR) is 46.1 cm³/mol. The number of alkyl halides is 3. The van der Waals surface area contributed by atoms with Gasteiger partial charge in [-0.3, -0.25) is 0 Å². The topological polar surface area (TPSA) is 32.3 Å². The zero-order valence-electron chi connectivity index (χ0n) is 7.06. The quantitative estimate of drug-likeness (QED) is 0.757. The normalized spacial score (nSPS) is 20.6. The summed E-state index contributed by atoms with van der Waals surface area (Å²) in [5.74, 6) is 0. The molecule has 0 aromatic carbocycles. The fraction of sp³-hybridized carbons (Fsp3) is 0.500. The van der Waals surface area contributed by atoms with Crippen LogP contribution in [-0.4, -0.2) is 18.2 Å². The Morgan fingerprint density at radius 3 is 2.50 bits per heavy atom. The maximum Gasteiger partial charge on any atom is 0.425 e. The van der Waals surface area contributed by atoms with Crippen LogP contribution in [0.2, 0.25) is 0 Å². The predicted octanol–water partition coefficient (Wildman–Crippen LogP) is 1.56. The Bertz CT molecular complexity index is 343. The van der Waals surface area contributed by atoms with Crippen LogP contribution in [0, 0.1) is 0 Å². The van der Waals surface area contributed by atoms with E-state index in [2.05, 4.69) is 5.32 Å². The number of β-amino-alcohol motifs (C(OH)–C–C–N with tert-alkyl or cyclic N) is 1. The van der Waals surface area contributed by atoms with Gasteiger partial charge in [0.25, 0.3) is 0 Å². The van der Waals surface area contributed by atoms with E-state index in [1.807, 2.05) is 0 Å². The van der Waals surface area contributed by atoms with Crippen LogP contribution < -0.4 is 5.32 Å². The molecule has 1 aromatic heterocycles. The van der Waals surface area contributed by atoms with Crippen LogP contribution >= 0.6 is 11.3 Å². The van der Waals surface area contributed by atoms with Gasteiger partial charge in [0.1, 0.15) is 10.5 Å². The van der Waals surface area contributed by atoms with Gasteiger partial charge >= 0.3 is 6.18 Å². The first-order valence-electron chi connectivity index (χ1n) is 4.02. The monoisotopic (exact) mass is 223 g/mol. The number of hydrogen-bond acceptors (Lipinski definition) is 3. The van der Waals surface area contributed by atoms with Gasteiger partial charge in [0.15, 0.2) is 0 Å². The van der Waals surface area contributed by atoms with Crippen molar-refractivity contribution in [2.24, 2.45) is 0 Å². The van der Waals surface area contributed by atoms with Gasteiger partial charge in [-0.15, -0.1) is 11.3 Å². The van der Waals surface area contributed by atoms with Gasteiger partial charge in [-0.2, -0.15) is 13.2 Å². The number of hydrogen-bond donors (Lipinski definition) is 2. The Balaban J connectivity index is 2.39. The Hall–Kier alpha value is -0.590. The summed E-state index contributed by atoms with van der Waals surface area (Å²) in [4.78, 5) is -0.693. The first-order valence-corrected chi connectivity index (χ1v) is 4.90. The fourth-order valence-corrected chi connectivity index (χ4v) is 2.31. The van der Waals surface area contributed by atoms with Crippen molar-refractivity contribution >= 4 is 11.3 Å². The molecule has 0 saturated carbocycles. The highest BCUT2D eigenvalue weighted by Crippen LogP contribution is 2.41. The molecule has 1 saturated heterocycles. The van der Waals surface area contributed by atoms with Crippen LogP contribution in [0.1, 0.15) is 10.4 Å². The summed E-state index contributed by atoms with van der Waals surface area (Å²) >= 11 is 0.620. The highest BCUT2D eigenvalue weighted by molar-refractivity contribution is 7.10. The van der Waals surface area contributed by atoms with E-state index in [1.165, 1.54) is 11.4 Å². The van der Waals surface area contributed by atoms with Gasteiger partial charge < -0.3 is 10.4 Å². The van der Waals surface area contributed by atoms with E-state index in [0.717, 1.165) is 0 Å². The van der Waals surface area contributed by atoms with Crippen LogP contribution in [0.5, 0.6) is 0 Å². The second-order valence-corrected chi connectivity index (χ2v) is 4.21. The summed E-state index contributed by atoms with van der Waals surface area (Å²) in [6.45, 7) is 0.375. The molecule has 0 spiro atoms. The smallest absolute Gasteiger partial charge is 0.382 e. The molecule has 14 heavy (non-hydrogen) atoms. The lowest BCUT2D eigenvalue weighted by molar-refractivity contribution is -0.138. The molecule has 0 amide bonds. The average molecular weight is 223 g/mol. The van der Waals surface area contributed by atoms with Crippen molar-refractivity contribution in [1.29, 1.82) is 0 Å². The number of thiophene rings is 1. The first-order chi connectivity index (χ1) is 6.43. The summed E-state index contributed by atoms with van der Waals surface area (Å²) in [6.07, 6.45) is -4.37. The zero-order valence-corrected chi connectivity index (χ0v) is 7.87. The minimum atomic E-state index is -4.37. The molecule has 2 nitrogen and oxygen atoms in total. The van der Waals surface area contributed by atoms with Crippen LogP contribution in [0.3, 0.4) is 0 Å². The van der Waals surface area contributed by atoms with Crippen molar-refractivity contribution in [2.45, 2.75) is 11.8 Å². The minimum Gasteiger partial charge on any atom is -0.382 e. The maximum atomic E-state index is 12.5. The van der Waals surface area contributed by atoms with Crippen molar-refractivity contribution in [3.05, 3.63) is 21.9 Å². The first kappa shape index (κ1) is 9.95. The molecule has 2 rings (SSSR count). The third kappa shape index (κ3) is 1.43. The third-order valence-corrected chi connectivity index (χ3v) is 3.22. The number of rotatable bonds is 1. The van der Waals surface area contributed by atoms with Gasteiger partial charge in [0, 0.05) is 18.7 Å². The molecule has 0 unspecified atom stereocenters. The maximum absolute atomic E-state index is 12.5. The second-order valence-electron chi connectivity index (χ2n) is 3.30. The Morgan fingerprint density at radius 2 is 2.07 bits per heavy atom. The van der Waals surface area contributed by atoms with E-state index in [-0.39, 0.29) is 18.7 Å². The second kappa shape index (κ2) is 2.95. The van der Waals surface area contributed by atoms with Crippen LogP contribution in [-0.2, 0) is 11.8 Å². The van der Waals surface area contributed by atoms with Crippen molar-refractivity contribution in [3.8, 4) is 0 Å². The summed E-state index contributed by atoms with van der Waals surface area (Å²) in [6, 6.07) is 1.34. The highest BCUT2D eigenvalue weighted by atomic mass is 32.1. The van der Waals surface area contributed by atoms with E-state index < -0.39 is 16.7 Å². The van der Waals surface area contributed by atoms with Gasteiger partial charge in [-0.25, -0.2) is 0 Å². The molecule has 1 aromatic rings. The zero-order chi connectivity index (χ0) is 10.4. The Labute approximate surface area is 82.4 Å². The molecule has 0 aliphatic carbocycles. The molecular formula is C8H8F3NOS. The minimum absolute atomic E-state index is 0.00579. The van der Waals surface area contributed by atoms with E-state index in [9.17, 15) is 18.3 Å². The average Bonchev–Trinajstić information content (AvgIpc) is 2.46. The molecule has 0 atom stereocenters. The van der Waals surface area contributed by atoms with Crippen molar-refractivity contribution in [3.63, 3.8) is 0 Å². The number of halogens is 3. The van der Waals surface area contributed by atoms with Crippen molar-refractivity contribution in [1.82, 2.24) is 5.32 Å². The van der Waals surface area contributed by atoms with Crippen molar-refractivity contribution < 1.29 is 18.3 Å². The molecule has 78 valence electrons. The lowest BCUT2D eigenvalue weighted by Gasteiger charge is -2.38. The van der Waals surface area contributed by atoms with E-state index >= 15 is 0 Å². The summed E-state index contributed by atoms with van der Waals surface area (Å²) in [5, 5.41) is 13.9. The Morgan fingerprint density at radius 1 is 1.43 bits per heavy atom.